The molecular formula is C16H21BrN2O6. The van der Waals surface area contributed by atoms with Gasteiger partial charge in [-0.3, -0.25) is 4.79 Å². The Morgan fingerprint density at radius 2 is 1.56 bits per heavy atom. The second kappa shape index (κ2) is 7.56. The summed E-state index contributed by atoms with van der Waals surface area (Å²) in [5.41, 5.74) is 1.05. The number of carbonyl (C=O) groups is 1. The smallest absolute Gasteiger partial charge is 0.254 e. The van der Waals surface area contributed by atoms with E-state index in [4.69, 9.17) is 4.74 Å². The lowest BCUT2D eigenvalue weighted by Crippen LogP contribution is -2.63. The number of amides is 1. The van der Waals surface area contributed by atoms with Crippen molar-refractivity contribution >= 4 is 27.5 Å². The highest BCUT2D eigenvalue weighted by molar-refractivity contribution is 9.10. The Morgan fingerprint density at radius 1 is 0.960 bits per heavy atom. The third-order valence-corrected chi connectivity index (χ3v) is 5.14. The Balaban J connectivity index is 1.60. The fraction of sp³-hybridized carbons (Fsp3) is 0.562. The quantitative estimate of drug-likeness (QED) is 0.483. The maximum absolute atomic E-state index is 12.6. The van der Waals surface area contributed by atoms with Gasteiger partial charge in [0.15, 0.2) is 12.4 Å². The lowest BCUT2D eigenvalue weighted by atomic mass is 9.98. The van der Waals surface area contributed by atoms with E-state index in [1.54, 1.807) is 0 Å². The fourth-order valence-electron chi connectivity index (χ4n) is 3.08. The Morgan fingerprint density at radius 3 is 2.16 bits per heavy atom. The summed E-state index contributed by atoms with van der Waals surface area (Å²) < 4.78 is 6.00. The van der Waals surface area contributed by atoms with Gasteiger partial charge in [-0.1, -0.05) is 15.9 Å². The highest BCUT2D eigenvalue weighted by Crippen LogP contribution is 2.23. The van der Waals surface area contributed by atoms with Crippen LogP contribution in [0.2, 0.25) is 0 Å². The van der Waals surface area contributed by atoms with Gasteiger partial charge in [-0.25, -0.2) is 0 Å². The summed E-state index contributed by atoms with van der Waals surface area (Å²) in [6.07, 6.45) is -7.98. The molecule has 2 heterocycles. The normalized spacial score (nSPS) is 33.4. The van der Waals surface area contributed by atoms with E-state index in [0.29, 0.717) is 26.2 Å². The summed E-state index contributed by atoms with van der Waals surface area (Å²) in [5, 5.41) is 38.8. The Hall–Kier alpha value is -1.23. The maximum Gasteiger partial charge on any atom is 0.254 e. The minimum absolute atomic E-state index is 0.427. The molecule has 4 N–H and O–H groups in total. The van der Waals surface area contributed by atoms with E-state index in [0.717, 1.165) is 10.2 Å². The third kappa shape index (κ3) is 3.81. The number of benzene rings is 1. The predicted molar refractivity (Wildman–Crippen MR) is 91.8 cm³/mol. The van der Waals surface area contributed by atoms with Crippen LogP contribution in [0.3, 0.4) is 0 Å². The van der Waals surface area contributed by atoms with Gasteiger partial charge in [0.25, 0.3) is 5.91 Å². The summed E-state index contributed by atoms with van der Waals surface area (Å²) in [6.45, 7) is 2.08. The molecule has 25 heavy (non-hydrogen) atoms. The molecular weight excluding hydrogens is 396 g/mol. The summed E-state index contributed by atoms with van der Waals surface area (Å²) in [7, 11) is 0. The number of carbonyl (C=O) groups excluding carboxylic acids is 1. The SMILES string of the molecule is O=C([C@H]1OC(O)[C@H](O)[C@@H](O)[C@@H]1O)N1CCN(c2ccc(Br)cc2)CC1. The van der Waals surface area contributed by atoms with Gasteiger partial charge >= 0.3 is 0 Å². The average Bonchev–Trinajstić information content (AvgIpc) is 2.63. The highest BCUT2D eigenvalue weighted by atomic mass is 79.9. The molecule has 0 spiro atoms. The minimum Gasteiger partial charge on any atom is -0.387 e. The number of ether oxygens (including phenoxy) is 1. The van der Waals surface area contributed by atoms with Crippen LogP contribution in [0.1, 0.15) is 0 Å². The standard InChI is InChI=1S/C16H21BrN2O6/c17-9-1-3-10(4-2-9)18-5-7-19(8-6-18)15(23)14-12(21)11(20)13(22)16(24)25-14/h1-4,11-14,16,20-22,24H,5-8H2/t11-,12-,13+,14-,16?/m0/s1. The largest absolute Gasteiger partial charge is 0.387 e. The molecule has 1 unspecified atom stereocenters. The van der Waals surface area contributed by atoms with E-state index in [9.17, 15) is 25.2 Å². The van der Waals surface area contributed by atoms with Gasteiger partial charge in [0.05, 0.1) is 0 Å². The van der Waals surface area contributed by atoms with Gasteiger partial charge in [0, 0.05) is 36.3 Å². The number of anilines is 1. The molecule has 0 aromatic heterocycles. The monoisotopic (exact) mass is 416 g/mol. The van der Waals surface area contributed by atoms with Crippen molar-refractivity contribution in [3.63, 3.8) is 0 Å². The van der Waals surface area contributed by atoms with Crippen molar-refractivity contribution in [3.05, 3.63) is 28.7 Å². The first-order valence-corrected chi connectivity index (χ1v) is 8.85. The first-order chi connectivity index (χ1) is 11.9. The topological polar surface area (TPSA) is 114 Å². The number of aliphatic hydroxyl groups is 4. The second-order valence-electron chi connectivity index (χ2n) is 6.21. The van der Waals surface area contributed by atoms with E-state index in [1.165, 1.54) is 4.90 Å². The van der Waals surface area contributed by atoms with Crippen LogP contribution in [-0.2, 0) is 9.53 Å². The van der Waals surface area contributed by atoms with Crippen LogP contribution < -0.4 is 4.90 Å². The summed E-state index contributed by atoms with van der Waals surface area (Å²) >= 11 is 3.39. The Labute approximate surface area is 153 Å². The second-order valence-corrected chi connectivity index (χ2v) is 7.12. The molecule has 138 valence electrons. The van der Waals surface area contributed by atoms with Crippen LogP contribution in [0.4, 0.5) is 5.69 Å². The van der Waals surface area contributed by atoms with Gasteiger partial charge in [0.2, 0.25) is 0 Å². The van der Waals surface area contributed by atoms with Crippen molar-refractivity contribution in [3.8, 4) is 0 Å². The lowest BCUT2D eigenvalue weighted by Gasteiger charge is -2.42. The van der Waals surface area contributed by atoms with Crippen molar-refractivity contribution < 1.29 is 30.0 Å². The number of hydrogen-bond donors (Lipinski definition) is 4. The Bertz CT molecular complexity index is 607. The fourth-order valence-corrected chi connectivity index (χ4v) is 3.35. The zero-order chi connectivity index (χ0) is 18.1. The summed E-state index contributed by atoms with van der Waals surface area (Å²) in [4.78, 5) is 16.2. The van der Waals surface area contributed by atoms with Gasteiger partial charge < -0.3 is 35.0 Å². The summed E-state index contributed by atoms with van der Waals surface area (Å²) in [6, 6.07) is 7.88. The first-order valence-electron chi connectivity index (χ1n) is 8.05. The maximum atomic E-state index is 12.6. The van der Waals surface area contributed by atoms with E-state index in [-0.39, 0.29) is 0 Å². The van der Waals surface area contributed by atoms with Crippen molar-refractivity contribution in [2.45, 2.75) is 30.7 Å². The van der Waals surface area contributed by atoms with E-state index in [1.807, 2.05) is 24.3 Å². The van der Waals surface area contributed by atoms with E-state index in [2.05, 4.69) is 20.8 Å². The molecule has 3 rings (SSSR count). The summed E-state index contributed by atoms with van der Waals surface area (Å²) in [5.74, 6) is -0.507. The number of nitrogens with zero attached hydrogens (tertiary/aromatic N) is 2. The van der Waals surface area contributed by atoms with Gasteiger partial charge in [0.1, 0.15) is 18.3 Å². The molecule has 9 heteroatoms. The van der Waals surface area contributed by atoms with E-state index >= 15 is 0 Å². The number of halogens is 1. The van der Waals surface area contributed by atoms with Crippen LogP contribution in [0.15, 0.2) is 28.7 Å². The molecule has 1 aromatic carbocycles. The van der Waals surface area contributed by atoms with Crippen molar-refractivity contribution in [2.75, 3.05) is 31.1 Å². The molecule has 2 saturated heterocycles. The molecule has 0 radical (unpaired) electrons. The zero-order valence-electron chi connectivity index (χ0n) is 13.4. The number of rotatable bonds is 2. The molecule has 0 bridgehead atoms. The number of piperazine rings is 1. The highest BCUT2D eigenvalue weighted by Gasteiger charge is 2.47. The van der Waals surface area contributed by atoms with Crippen LogP contribution in [0.5, 0.6) is 0 Å². The molecule has 5 atom stereocenters. The van der Waals surface area contributed by atoms with Crippen molar-refractivity contribution in [1.29, 1.82) is 0 Å². The number of hydrogen-bond acceptors (Lipinski definition) is 7. The molecule has 0 saturated carbocycles. The predicted octanol–water partition coefficient (Wildman–Crippen LogP) is -1.10. The molecule has 2 fully saturated rings. The zero-order valence-corrected chi connectivity index (χ0v) is 15.0. The minimum atomic E-state index is -1.71. The molecule has 8 nitrogen and oxygen atoms in total. The molecule has 2 aliphatic rings. The van der Waals surface area contributed by atoms with Gasteiger partial charge in [-0.2, -0.15) is 0 Å². The van der Waals surface area contributed by atoms with Crippen molar-refractivity contribution in [1.82, 2.24) is 4.90 Å². The van der Waals surface area contributed by atoms with Crippen LogP contribution in [-0.4, -0.2) is 88.1 Å². The van der Waals surface area contributed by atoms with Crippen LogP contribution in [0.25, 0.3) is 0 Å². The van der Waals surface area contributed by atoms with Crippen LogP contribution in [0, 0.1) is 0 Å². The number of aliphatic hydroxyl groups excluding tert-OH is 4. The average molecular weight is 417 g/mol. The first kappa shape index (κ1) is 18.6. The Kier molecular flexibility index (Phi) is 5.62. The van der Waals surface area contributed by atoms with Crippen LogP contribution >= 0.6 is 15.9 Å². The van der Waals surface area contributed by atoms with E-state index < -0.39 is 36.6 Å². The third-order valence-electron chi connectivity index (χ3n) is 4.61. The van der Waals surface area contributed by atoms with Gasteiger partial charge in [-0.15, -0.1) is 0 Å². The molecule has 1 amide bonds. The molecule has 0 aliphatic carbocycles. The molecule has 1 aromatic rings. The van der Waals surface area contributed by atoms with Crippen molar-refractivity contribution in [2.24, 2.45) is 0 Å². The lowest BCUT2D eigenvalue weighted by molar-refractivity contribution is -0.278. The molecule has 2 aliphatic heterocycles. The van der Waals surface area contributed by atoms with Gasteiger partial charge in [-0.05, 0) is 24.3 Å².